The lowest BCUT2D eigenvalue weighted by molar-refractivity contribution is -0.0181. The Labute approximate surface area is 444 Å². The summed E-state index contributed by atoms with van der Waals surface area (Å²) in [7, 11) is 0. The molecule has 0 spiro atoms. The van der Waals surface area contributed by atoms with Crippen LogP contribution in [0.5, 0.6) is 11.8 Å². The van der Waals surface area contributed by atoms with Crippen LogP contribution in [0.1, 0.15) is 149 Å². The zero-order valence-corrected chi connectivity index (χ0v) is 45.1. The van der Waals surface area contributed by atoms with Crippen molar-refractivity contribution in [2.45, 2.75) is 145 Å². The number of nitriles is 2. The van der Waals surface area contributed by atoms with E-state index in [1.165, 1.54) is 9.13 Å². The third-order valence-corrected chi connectivity index (χ3v) is 18.3. The first kappa shape index (κ1) is 53.9. The van der Waals surface area contributed by atoms with E-state index in [2.05, 4.69) is 68.1 Å². The van der Waals surface area contributed by atoms with Crippen LogP contribution < -0.4 is 11.1 Å². The van der Waals surface area contributed by atoms with E-state index in [9.17, 15) is 39.9 Å². The van der Waals surface area contributed by atoms with Gasteiger partial charge in [-0.15, -0.1) is 20.5 Å². The second kappa shape index (κ2) is 22.3. The Morgan fingerprint density at radius 1 is 0.618 bits per heavy atom. The lowest BCUT2D eigenvalue weighted by atomic mass is 9.75. The molecule has 12 atom stereocenters. The van der Waals surface area contributed by atoms with Gasteiger partial charge in [-0.1, -0.05) is 78.6 Å². The van der Waals surface area contributed by atoms with Crippen molar-refractivity contribution >= 4 is 34.7 Å². The van der Waals surface area contributed by atoms with E-state index in [1.807, 2.05) is 6.07 Å². The summed E-state index contributed by atoms with van der Waals surface area (Å²) < 4.78 is 14.9. The number of ether oxygens (including phenoxy) is 2. The molecule has 0 aliphatic heterocycles. The average Bonchev–Trinajstić information content (AvgIpc) is 4.21. The van der Waals surface area contributed by atoms with Crippen molar-refractivity contribution in [2.75, 3.05) is 0 Å². The van der Waals surface area contributed by atoms with Crippen molar-refractivity contribution in [3.8, 4) is 23.9 Å². The average molecular weight is 1030 g/mol. The molecule has 76 heavy (non-hydrogen) atoms. The topological polar surface area (TPSA) is 234 Å². The van der Waals surface area contributed by atoms with E-state index in [4.69, 9.17) is 9.47 Å². The third-order valence-electron chi connectivity index (χ3n) is 18.3. The summed E-state index contributed by atoms with van der Waals surface area (Å²) in [5, 5.41) is 60.9. The molecule has 12 unspecified atom stereocenters. The van der Waals surface area contributed by atoms with Gasteiger partial charge in [0.15, 0.2) is 23.1 Å². The van der Waals surface area contributed by atoms with Gasteiger partial charge in [0, 0.05) is 24.2 Å². The van der Waals surface area contributed by atoms with Crippen LogP contribution in [-0.4, -0.2) is 43.5 Å². The molecule has 16 heteroatoms. The Morgan fingerprint density at radius 2 is 1.07 bits per heavy atom. The summed E-state index contributed by atoms with van der Waals surface area (Å²) in [5.74, 6) is 1.64. The van der Waals surface area contributed by atoms with E-state index < -0.39 is 23.1 Å². The van der Waals surface area contributed by atoms with Crippen LogP contribution in [0, 0.1) is 108 Å². The number of esters is 2. The predicted octanol–water partition coefficient (Wildman–Crippen LogP) is 12.8. The van der Waals surface area contributed by atoms with Crippen LogP contribution in [0.15, 0.2) is 78.6 Å². The van der Waals surface area contributed by atoms with Crippen LogP contribution in [0.2, 0.25) is 0 Å². The zero-order valence-electron chi connectivity index (χ0n) is 45.1. The molecule has 2 bridgehead atoms. The fourth-order valence-corrected chi connectivity index (χ4v) is 14.2. The second-order valence-corrected chi connectivity index (χ2v) is 23.7. The molecule has 5 aliphatic carbocycles. The van der Waals surface area contributed by atoms with Gasteiger partial charge in [0.05, 0.1) is 22.3 Å². The van der Waals surface area contributed by atoms with Crippen molar-refractivity contribution in [1.29, 1.82) is 10.5 Å². The first-order valence-electron chi connectivity index (χ1n) is 27.5. The van der Waals surface area contributed by atoms with E-state index in [-0.39, 0.29) is 129 Å². The van der Waals surface area contributed by atoms with Crippen molar-refractivity contribution in [2.24, 2.45) is 91.5 Å². The number of carbonyl (C=O) groups excluding carboxylic acids is 2. The van der Waals surface area contributed by atoms with Gasteiger partial charge < -0.3 is 19.7 Å². The standard InChI is InChI=1S/C60H72N8O8/c1-31(2)40-19-17-33(5)21-51(40)75-59(73)42-13-9-11-15-49(42)63-65-53-47(27-61)35(7)55(69)67(57(53)71)29-37-23-44-38-25-39(45(26-38)46(44)24-37)30-68-56(70)36(8)48(28-62)54(58(68)72)66-64-50-16-12-10-14-43(50)60(74)76-52-22-34(6)18-20-41(52)32(3)4/h9-16,31-34,37-41,44-46,51-52,69-70H,17-26,29-30H2,1-8H3. The van der Waals surface area contributed by atoms with Gasteiger partial charge >= 0.3 is 11.9 Å². The van der Waals surface area contributed by atoms with Crippen LogP contribution in [0.25, 0.3) is 0 Å². The number of hydrogen-bond acceptors (Lipinski definition) is 14. The van der Waals surface area contributed by atoms with Gasteiger partial charge in [-0.2, -0.15) is 10.5 Å². The van der Waals surface area contributed by atoms with Gasteiger partial charge in [-0.05, 0) is 160 Å². The molecule has 0 saturated heterocycles. The van der Waals surface area contributed by atoms with Crippen LogP contribution in [-0.2, 0) is 22.6 Å². The highest BCUT2D eigenvalue weighted by Crippen LogP contribution is 2.63. The van der Waals surface area contributed by atoms with Crippen LogP contribution in [0.3, 0.4) is 0 Å². The molecule has 4 aromatic rings. The third kappa shape index (κ3) is 10.5. The largest absolute Gasteiger partial charge is 0.494 e. The fraction of sp³-hybridized carbons (Fsp3) is 0.567. The molecule has 5 saturated carbocycles. The Kier molecular flexibility index (Phi) is 15.8. The van der Waals surface area contributed by atoms with Crippen molar-refractivity contribution in [1.82, 2.24) is 9.13 Å². The maximum absolute atomic E-state index is 14.4. The Balaban J connectivity index is 0.911. The molecule has 0 amide bonds. The van der Waals surface area contributed by atoms with Gasteiger partial charge in [0.2, 0.25) is 0 Å². The number of rotatable bonds is 14. The van der Waals surface area contributed by atoms with Gasteiger partial charge in [-0.3, -0.25) is 18.7 Å². The predicted molar refractivity (Wildman–Crippen MR) is 285 cm³/mol. The molecule has 2 aromatic heterocycles. The molecule has 5 aliphatic rings. The second-order valence-electron chi connectivity index (χ2n) is 23.7. The Morgan fingerprint density at radius 3 is 1.53 bits per heavy atom. The number of fused-ring (bicyclic) bond motifs is 5. The fourth-order valence-electron chi connectivity index (χ4n) is 14.2. The van der Waals surface area contributed by atoms with E-state index in [0.717, 1.165) is 64.2 Å². The van der Waals surface area contributed by atoms with E-state index in [1.54, 1.807) is 62.4 Å². The summed E-state index contributed by atoms with van der Waals surface area (Å²) in [5.41, 5.74) is -0.750. The number of azo groups is 2. The molecule has 9 rings (SSSR count). The molecular formula is C60H72N8O8. The SMILES string of the molecule is Cc1c(C#N)c(N=Nc2ccccc2C(=O)OC2CC(C)CCC2C(C)C)c(=O)n(CC2CC3C4CC(Cn5c(O)c(C)c(C#N)c(N=Nc6ccccc6C(=O)OC6CC(C)CCC6C(C)C)c5=O)C(C4)C3C2)c1O. The highest BCUT2D eigenvalue weighted by atomic mass is 16.5. The molecule has 2 heterocycles. The molecule has 400 valence electrons. The minimum absolute atomic E-state index is 0.00996. The highest BCUT2D eigenvalue weighted by Gasteiger charge is 2.56. The normalized spacial score (nSPS) is 28.0. The Hall–Kier alpha value is -6.94. The number of aromatic hydroxyl groups is 2. The number of aromatic nitrogens is 2. The number of carbonyl (C=O) groups is 2. The first-order valence-corrected chi connectivity index (χ1v) is 27.5. The minimum Gasteiger partial charge on any atom is -0.494 e. The highest BCUT2D eigenvalue weighted by molar-refractivity contribution is 5.95. The van der Waals surface area contributed by atoms with Crippen molar-refractivity contribution in [3.63, 3.8) is 0 Å². The number of benzene rings is 2. The van der Waals surface area contributed by atoms with E-state index >= 15 is 0 Å². The smallest absolute Gasteiger partial charge is 0.340 e. The first-order chi connectivity index (χ1) is 36.4. The summed E-state index contributed by atoms with van der Waals surface area (Å²) >= 11 is 0. The van der Waals surface area contributed by atoms with Crippen molar-refractivity contribution < 1.29 is 29.3 Å². The van der Waals surface area contributed by atoms with Gasteiger partial charge in [0.1, 0.15) is 35.7 Å². The number of pyridine rings is 2. The van der Waals surface area contributed by atoms with Crippen LogP contribution >= 0.6 is 0 Å². The molecule has 5 fully saturated rings. The molecule has 16 nitrogen and oxygen atoms in total. The summed E-state index contributed by atoms with van der Waals surface area (Å²) in [6.07, 6.45) is 8.60. The summed E-state index contributed by atoms with van der Waals surface area (Å²) in [4.78, 5) is 56.2. The van der Waals surface area contributed by atoms with Gasteiger partial charge in [0.25, 0.3) is 11.1 Å². The van der Waals surface area contributed by atoms with E-state index in [0.29, 0.717) is 35.5 Å². The lowest BCUT2D eigenvalue weighted by Crippen LogP contribution is -2.35. The van der Waals surface area contributed by atoms with Crippen molar-refractivity contribution in [3.05, 3.63) is 103 Å². The molecule has 0 radical (unpaired) electrons. The minimum atomic E-state index is -0.659. The summed E-state index contributed by atoms with van der Waals surface area (Å²) in [6.45, 7) is 16.5. The monoisotopic (exact) mass is 1030 g/mol. The molecule has 2 aromatic carbocycles. The zero-order chi connectivity index (χ0) is 54.3. The quantitative estimate of drug-likeness (QED) is 0.0895. The van der Waals surface area contributed by atoms with Crippen LogP contribution in [0.4, 0.5) is 22.7 Å². The number of hydrogen-bond donors (Lipinski definition) is 2. The number of nitrogens with zero attached hydrogens (tertiary/aromatic N) is 8. The maximum atomic E-state index is 14.4. The summed E-state index contributed by atoms with van der Waals surface area (Å²) in [6, 6.07) is 17.4. The molecule has 2 N–H and O–H groups in total. The Bertz CT molecular complexity index is 3160. The molecular weight excluding hydrogens is 961 g/mol. The lowest BCUT2D eigenvalue weighted by Gasteiger charge is -2.36. The maximum Gasteiger partial charge on any atom is 0.340 e. The van der Waals surface area contributed by atoms with Gasteiger partial charge in [-0.25, -0.2) is 9.59 Å².